The molecule has 0 saturated heterocycles. The quantitative estimate of drug-likeness (QED) is 0.776. The number of halogens is 3. The fraction of sp³-hybridized carbons (Fsp3) is 0.357. The van der Waals surface area contributed by atoms with Gasteiger partial charge in [0.05, 0.1) is 0 Å². The molecule has 2 aromatic rings. The predicted octanol–water partition coefficient (Wildman–Crippen LogP) is 2.18. The average molecular weight is 343 g/mol. The molecule has 0 aliphatic carbocycles. The summed E-state index contributed by atoms with van der Waals surface area (Å²) in [6.45, 7) is 1.63. The van der Waals surface area contributed by atoms with Crippen molar-refractivity contribution in [3.05, 3.63) is 36.2 Å². The number of amides is 2. The first-order valence-electron chi connectivity index (χ1n) is 7.08. The SMILES string of the molecule is C[C@H](CCO)NC(=O)Nc1ccn(-c2ncccc2C(F)(F)F)n1. The molecule has 0 unspecified atom stereocenters. The molecular weight excluding hydrogens is 327 g/mol. The van der Waals surface area contributed by atoms with Crippen LogP contribution in [0.1, 0.15) is 18.9 Å². The van der Waals surface area contributed by atoms with Crippen molar-refractivity contribution < 1.29 is 23.1 Å². The molecular formula is C14H16F3N5O2. The molecule has 0 bridgehead atoms. The van der Waals surface area contributed by atoms with E-state index in [1.54, 1.807) is 6.92 Å². The second-order valence-electron chi connectivity index (χ2n) is 5.03. The van der Waals surface area contributed by atoms with Crippen LogP contribution in [0.3, 0.4) is 0 Å². The van der Waals surface area contributed by atoms with Crippen molar-refractivity contribution in [2.24, 2.45) is 0 Å². The highest BCUT2D eigenvalue weighted by Crippen LogP contribution is 2.32. The zero-order valence-corrected chi connectivity index (χ0v) is 12.7. The van der Waals surface area contributed by atoms with Crippen molar-refractivity contribution in [3.8, 4) is 5.82 Å². The van der Waals surface area contributed by atoms with E-state index < -0.39 is 17.8 Å². The van der Waals surface area contributed by atoms with Gasteiger partial charge in [-0.05, 0) is 25.5 Å². The fourth-order valence-electron chi connectivity index (χ4n) is 1.95. The monoisotopic (exact) mass is 343 g/mol. The summed E-state index contributed by atoms with van der Waals surface area (Å²) in [5, 5.41) is 17.6. The van der Waals surface area contributed by atoms with E-state index in [1.165, 1.54) is 24.5 Å². The topological polar surface area (TPSA) is 92.1 Å². The minimum absolute atomic E-state index is 0.0717. The molecule has 2 rings (SSSR count). The van der Waals surface area contributed by atoms with Gasteiger partial charge in [0.1, 0.15) is 5.56 Å². The van der Waals surface area contributed by atoms with E-state index in [0.717, 1.165) is 10.7 Å². The molecule has 2 heterocycles. The van der Waals surface area contributed by atoms with Gasteiger partial charge in [-0.15, -0.1) is 5.10 Å². The number of aliphatic hydroxyl groups excluding tert-OH is 1. The molecule has 7 nitrogen and oxygen atoms in total. The molecule has 1 atom stereocenters. The lowest BCUT2D eigenvalue weighted by atomic mass is 10.2. The molecule has 2 aromatic heterocycles. The number of urea groups is 1. The van der Waals surface area contributed by atoms with Crippen molar-refractivity contribution in [3.63, 3.8) is 0 Å². The summed E-state index contributed by atoms with van der Waals surface area (Å²) in [6, 6.07) is 2.61. The van der Waals surface area contributed by atoms with Gasteiger partial charge in [0, 0.05) is 31.1 Å². The van der Waals surface area contributed by atoms with E-state index in [-0.39, 0.29) is 24.3 Å². The molecule has 24 heavy (non-hydrogen) atoms. The van der Waals surface area contributed by atoms with Crippen LogP contribution in [0.25, 0.3) is 5.82 Å². The Morgan fingerprint density at radius 1 is 1.42 bits per heavy atom. The maximum atomic E-state index is 13.0. The van der Waals surface area contributed by atoms with Crippen LogP contribution >= 0.6 is 0 Å². The smallest absolute Gasteiger partial charge is 0.396 e. The molecule has 0 radical (unpaired) electrons. The Kier molecular flexibility index (Phi) is 5.39. The van der Waals surface area contributed by atoms with Crippen LogP contribution in [0.4, 0.5) is 23.8 Å². The average Bonchev–Trinajstić information content (AvgIpc) is 2.94. The lowest BCUT2D eigenvalue weighted by Gasteiger charge is -2.12. The van der Waals surface area contributed by atoms with Gasteiger partial charge < -0.3 is 10.4 Å². The molecule has 0 spiro atoms. The summed E-state index contributed by atoms with van der Waals surface area (Å²) in [5.41, 5.74) is -0.930. The third kappa shape index (κ3) is 4.44. The minimum Gasteiger partial charge on any atom is -0.396 e. The highest BCUT2D eigenvalue weighted by molar-refractivity contribution is 5.88. The summed E-state index contributed by atoms with van der Waals surface area (Å²) in [5.74, 6) is -0.311. The van der Waals surface area contributed by atoms with Crippen molar-refractivity contribution in [1.82, 2.24) is 20.1 Å². The van der Waals surface area contributed by atoms with E-state index in [4.69, 9.17) is 5.11 Å². The van der Waals surface area contributed by atoms with Gasteiger partial charge in [0.2, 0.25) is 0 Å². The third-order valence-electron chi connectivity index (χ3n) is 3.08. The Morgan fingerprint density at radius 2 is 2.17 bits per heavy atom. The van der Waals surface area contributed by atoms with Crippen LogP contribution < -0.4 is 10.6 Å². The van der Waals surface area contributed by atoms with E-state index in [0.29, 0.717) is 6.42 Å². The largest absolute Gasteiger partial charge is 0.420 e. The van der Waals surface area contributed by atoms with Gasteiger partial charge in [-0.1, -0.05) is 0 Å². The molecule has 10 heteroatoms. The van der Waals surface area contributed by atoms with Crippen molar-refractivity contribution in [2.75, 3.05) is 11.9 Å². The number of nitrogens with one attached hydrogen (secondary N) is 2. The normalized spacial score (nSPS) is 12.7. The number of pyridine rings is 1. The lowest BCUT2D eigenvalue weighted by molar-refractivity contribution is -0.137. The Balaban J connectivity index is 2.13. The molecule has 130 valence electrons. The minimum atomic E-state index is -4.57. The standard InChI is InChI=1S/C14H16F3N5O2/c1-9(5-8-23)19-13(24)20-11-4-7-22(21-11)12-10(14(15,16)17)3-2-6-18-12/h2-4,6-7,9,23H,5,8H2,1H3,(H2,19,20,21,24)/t9-/m1/s1. The second-order valence-corrected chi connectivity index (χ2v) is 5.03. The first-order valence-corrected chi connectivity index (χ1v) is 7.08. The lowest BCUT2D eigenvalue weighted by Crippen LogP contribution is -2.36. The summed E-state index contributed by atoms with van der Waals surface area (Å²) in [7, 11) is 0. The Bertz CT molecular complexity index is 702. The number of nitrogens with zero attached hydrogens (tertiary/aromatic N) is 3. The molecule has 2 amide bonds. The first-order chi connectivity index (χ1) is 11.3. The summed E-state index contributed by atoms with van der Waals surface area (Å²) < 4.78 is 39.9. The van der Waals surface area contributed by atoms with Crippen LogP contribution in [-0.4, -0.2) is 38.6 Å². The Hall–Kier alpha value is -2.62. The van der Waals surface area contributed by atoms with Crippen molar-refractivity contribution >= 4 is 11.8 Å². The van der Waals surface area contributed by atoms with Crippen LogP contribution in [0.5, 0.6) is 0 Å². The van der Waals surface area contributed by atoms with Gasteiger partial charge in [0.15, 0.2) is 11.6 Å². The zero-order chi connectivity index (χ0) is 17.7. The van der Waals surface area contributed by atoms with E-state index in [1.807, 2.05) is 0 Å². The number of aromatic nitrogens is 3. The predicted molar refractivity (Wildman–Crippen MR) is 79.7 cm³/mol. The number of hydrogen-bond acceptors (Lipinski definition) is 4. The van der Waals surface area contributed by atoms with Gasteiger partial charge in [-0.25, -0.2) is 14.5 Å². The number of anilines is 1. The summed E-state index contributed by atoms with van der Waals surface area (Å²) in [6.07, 6.45) is -1.70. The number of aliphatic hydroxyl groups is 1. The second kappa shape index (κ2) is 7.30. The number of carbonyl (C=O) groups excluding carboxylic acids is 1. The van der Waals surface area contributed by atoms with Gasteiger partial charge in [0.25, 0.3) is 0 Å². The van der Waals surface area contributed by atoms with Crippen molar-refractivity contribution in [1.29, 1.82) is 0 Å². The molecule has 0 saturated carbocycles. The highest BCUT2D eigenvalue weighted by atomic mass is 19.4. The number of carbonyl (C=O) groups is 1. The van der Waals surface area contributed by atoms with Crippen molar-refractivity contribution in [2.45, 2.75) is 25.6 Å². The Labute approximate surface area is 135 Å². The first kappa shape index (κ1) is 17.7. The molecule has 0 aromatic carbocycles. The summed E-state index contributed by atoms with van der Waals surface area (Å²) >= 11 is 0. The third-order valence-corrected chi connectivity index (χ3v) is 3.08. The molecule has 3 N–H and O–H groups in total. The number of alkyl halides is 3. The van der Waals surface area contributed by atoms with Crippen LogP contribution in [0, 0.1) is 0 Å². The molecule has 0 fully saturated rings. The van der Waals surface area contributed by atoms with E-state index in [2.05, 4.69) is 20.7 Å². The maximum absolute atomic E-state index is 13.0. The van der Waals surface area contributed by atoms with Gasteiger partial charge >= 0.3 is 12.2 Å². The van der Waals surface area contributed by atoms with Crippen LogP contribution in [0.2, 0.25) is 0 Å². The van der Waals surface area contributed by atoms with E-state index in [9.17, 15) is 18.0 Å². The highest BCUT2D eigenvalue weighted by Gasteiger charge is 2.34. The zero-order valence-electron chi connectivity index (χ0n) is 12.7. The maximum Gasteiger partial charge on any atom is 0.420 e. The summed E-state index contributed by atoms with van der Waals surface area (Å²) in [4.78, 5) is 15.4. The van der Waals surface area contributed by atoms with Crippen LogP contribution in [0.15, 0.2) is 30.6 Å². The van der Waals surface area contributed by atoms with E-state index >= 15 is 0 Å². The number of rotatable bonds is 5. The number of hydrogen-bond donors (Lipinski definition) is 3. The van der Waals surface area contributed by atoms with Gasteiger partial charge in [-0.2, -0.15) is 13.2 Å². The molecule has 0 aliphatic rings. The van der Waals surface area contributed by atoms with Gasteiger partial charge in [-0.3, -0.25) is 5.32 Å². The molecule has 0 aliphatic heterocycles. The fourth-order valence-corrected chi connectivity index (χ4v) is 1.95. The Morgan fingerprint density at radius 3 is 2.83 bits per heavy atom. The van der Waals surface area contributed by atoms with Crippen LogP contribution in [-0.2, 0) is 6.18 Å².